The van der Waals surface area contributed by atoms with Crippen LogP contribution in [-0.2, 0) is 0 Å². The summed E-state index contributed by atoms with van der Waals surface area (Å²) in [4.78, 5) is 23.0. The van der Waals surface area contributed by atoms with Gasteiger partial charge in [-0.15, -0.1) is 0 Å². The SMILES string of the molecule is O=C(c1ccc([N+](=O)[O-])c(O)c1)N1CCC[C@@H](C(F)(F)F)C1. The Morgan fingerprint density at radius 1 is 1.41 bits per heavy atom. The first-order valence-corrected chi connectivity index (χ1v) is 6.53. The number of rotatable bonds is 2. The third-order valence-electron chi connectivity index (χ3n) is 3.59. The molecular weight excluding hydrogens is 305 g/mol. The summed E-state index contributed by atoms with van der Waals surface area (Å²) in [6.07, 6.45) is -4.16. The van der Waals surface area contributed by atoms with Crippen LogP contribution in [0.5, 0.6) is 5.75 Å². The number of likely N-dealkylation sites (tertiary alicyclic amines) is 1. The predicted octanol–water partition coefficient (Wildman–Crippen LogP) is 2.71. The molecular formula is C13H13F3N2O4. The van der Waals surface area contributed by atoms with E-state index in [1.54, 1.807) is 0 Å². The van der Waals surface area contributed by atoms with Crippen LogP contribution >= 0.6 is 0 Å². The number of piperidine rings is 1. The van der Waals surface area contributed by atoms with Crippen LogP contribution in [-0.4, -0.2) is 40.1 Å². The van der Waals surface area contributed by atoms with Crippen LogP contribution in [0.4, 0.5) is 18.9 Å². The van der Waals surface area contributed by atoms with Crippen molar-refractivity contribution in [1.82, 2.24) is 4.90 Å². The second kappa shape index (κ2) is 5.82. The molecule has 9 heteroatoms. The number of hydrogen-bond donors (Lipinski definition) is 1. The molecule has 1 aromatic rings. The van der Waals surface area contributed by atoms with E-state index in [1.807, 2.05) is 0 Å². The standard InChI is InChI=1S/C13H13F3N2O4/c14-13(15,16)9-2-1-5-17(7-9)12(20)8-3-4-10(18(21)22)11(19)6-8/h3-4,6,9,19H,1-2,5,7H2/t9-/m1/s1. The molecule has 6 nitrogen and oxygen atoms in total. The number of benzene rings is 1. The van der Waals surface area contributed by atoms with Crippen molar-refractivity contribution in [1.29, 1.82) is 0 Å². The van der Waals surface area contributed by atoms with Crippen molar-refractivity contribution in [2.24, 2.45) is 5.92 Å². The molecule has 2 rings (SSSR count). The molecule has 0 aliphatic carbocycles. The minimum atomic E-state index is -4.36. The monoisotopic (exact) mass is 318 g/mol. The fourth-order valence-corrected chi connectivity index (χ4v) is 2.42. The van der Waals surface area contributed by atoms with Gasteiger partial charge in [0.1, 0.15) is 0 Å². The van der Waals surface area contributed by atoms with Crippen LogP contribution in [0.1, 0.15) is 23.2 Å². The summed E-state index contributed by atoms with van der Waals surface area (Å²) in [5.74, 6) is -2.95. The number of nitrogens with zero attached hydrogens (tertiary/aromatic N) is 2. The number of halogens is 3. The first-order chi connectivity index (χ1) is 10.2. The van der Waals surface area contributed by atoms with Gasteiger partial charge in [-0.05, 0) is 25.0 Å². The Bertz CT molecular complexity index is 603. The van der Waals surface area contributed by atoms with E-state index >= 15 is 0 Å². The number of carbonyl (C=O) groups is 1. The van der Waals surface area contributed by atoms with Gasteiger partial charge in [-0.25, -0.2) is 0 Å². The number of alkyl halides is 3. The average molecular weight is 318 g/mol. The largest absolute Gasteiger partial charge is 0.502 e. The van der Waals surface area contributed by atoms with Gasteiger partial charge in [0, 0.05) is 24.7 Å². The maximum absolute atomic E-state index is 12.7. The summed E-state index contributed by atoms with van der Waals surface area (Å²) in [5.41, 5.74) is -0.644. The van der Waals surface area contributed by atoms with Crippen molar-refractivity contribution in [3.63, 3.8) is 0 Å². The number of nitro benzene ring substituents is 1. The summed E-state index contributed by atoms with van der Waals surface area (Å²) >= 11 is 0. The maximum atomic E-state index is 12.7. The number of amides is 1. The Balaban J connectivity index is 2.17. The van der Waals surface area contributed by atoms with Crippen LogP contribution in [0.25, 0.3) is 0 Å². The van der Waals surface area contributed by atoms with E-state index < -0.39 is 40.9 Å². The lowest BCUT2D eigenvalue weighted by Crippen LogP contribution is -2.44. The number of phenolic OH excluding ortho intramolecular Hbond substituents is 1. The third kappa shape index (κ3) is 3.29. The van der Waals surface area contributed by atoms with E-state index in [0.717, 1.165) is 23.1 Å². The van der Waals surface area contributed by atoms with Crippen LogP contribution in [0.15, 0.2) is 18.2 Å². The zero-order chi connectivity index (χ0) is 16.5. The molecule has 1 aliphatic heterocycles. The molecule has 0 spiro atoms. The minimum absolute atomic E-state index is 0.0290. The molecule has 1 aliphatic rings. The van der Waals surface area contributed by atoms with Gasteiger partial charge in [0.2, 0.25) is 0 Å². The summed E-state index contributed by atoms with van der Waals surface area (Å²) in [5, 5.41) is 20.1. The molecule has 0 radical (unpaired) electrons. The van der Waals surface area contributed by atoms with Gasteiger partial charge in [-0.2, -0.15) is 13.2 Å². The van der Waals surface area contributed by atoms with Crippen LogP contribution in [0, 0.1) is 16.0 Å². The summed E-state index contributed by atoms with van der Waals surface area (Å²) < 4.78 is 38.2. The second-order valence-corrected chi connectivity index (χ2v) is 5.09. The molecule has 1 atom stereocenters. The van der Waals surface area contributed by atoms with Gasteiger partial charge in [0.15, 0.2) is 5.75 Å². The number of nitro groups is 1. The normalized spacial score (nSPS) is 19.0. The number of carbonyl (C=O) groups excluding carboxylic acids is 1. The number of hydrogen-bond acceptors (Lipinski definition) is 4. The van der Waals surface area contributed by atoms with Crippen molar-refractivity contribution in [2.45, 2.75) is 19.0 Å². The third-order valence-corrected chi connectivity index (χ3v) is 3.59. The second-order valence-electron chi connectivity index (χ2n) is 5.09. The molecule has 0 saturated carbocycles. The van der Waals surface area contributed by atoms with Gasteiger partial charge >= 0.3 is 11.9 Å². The van der Waals surface area contributed by atoms with Gasteiger partial charge in [0.05, 0.1) is 10.8 Å². The quantitative estimate of drug-likeness (QED) is 0.671. The van der Waals surface area contributed by atoms with E-state index in [-0.39, 0.29) is 24.9 Å². The first kappa shape index (κ1) is 16.1. The molecule has 1 heterocycles. The molecule has 1 amide bonds. The topological polar surface area (TPSA) is 83.7 Å². The zero-order valence-electron chi connectivity index (χ0n) is 11.3. The van der Waals surface area contributed by atoms with Gasteiger partial charge < -0.3 is 10.0 Å². The fraction of sp³-hybridized carbons (Fsp3) is 0.462. The zero-order valence-corrected chi connectivity index (χ0v) is 11.3. The van der Waals surface area contributed by atoms with Crippen LogP contribution in [0.2, 0.25) is 0 Å². The lowest BCUT2D eigenvalue weighted by molar-refractivity contribution is -0.385. The molecule has 0 aromatic heterocycles. The van der Waals surface area contributed by atoms with Crippen molar-refractivity contribution in [2.75, 3.05) is 13.1 Å². The minimum Gasteiger partial charge on any atom is -0.502 e. The van der Waals surface area contributed by atoms with E-state index in [0.29, 0.717) is 0 Å². The molecule has 0 bridgehead atoms. The van der Waals surface area contributed by atoms with E-state index in [4.69, 9.17) is 0 Å². The van der Waals surface area contributed by atoms with Crippen LogP contribution < -0.4 is 0 Å². The summed E-state index contributed by atoms with van der Waals surface area (Å²) in [6.45, 7) is -0.261. The van der Waals surface area contributed by atoms with Crippen molar-refractivity contribution >= 4 is 11.6 Å². The Hall–Kier alpha value is -2.32. The van der Waals surface area contributed by atoms with Crippen molar-refractivity contribution < 1.29 is 28.0 Å². The molecule has 1 fully saturated rings. The van der Waals surface area contributed by atoms with E-state index in [2.05, 4.69) is 0 Å². The summed E-state index contributed by atoms with van der Waals surface area (Å²) in [7, 11) is 0. The van der Waals surface area contributed by atoms with Gasteiger partial charge in [0.25, 0.3) is 5.91 Å². The Morgan fingerprint density at radius 2 is 2.09 bits per heavy atom. The van der Waals surface area contributed by atoms with E-state index in [1.165, 1.54) is 0 Å². The Morgan fingerprint density at radius 3 is 2.64 bits per heavy atom. The van der Waals surface area contributed by atoms with Gasteiger partial charge in [-0.1, -0.05) is 0 Å². The molecule has 1 N–H and O–H groups in total. The summed E-state index contributed by atoms with van der Waals surface area (Å²) in [6, 6.07) is 2.98. The van der Waals surface area contributed by atoms with Crippen molar-refractivity contribution in [3.05, 3.63) is 33.9 Å². The fourth-order valence-electron chi connectivity index (χ4n) is 2.42. The Kier molecular flexibility index (Phi) is 4.25. The highest BCUT2D eigenvalue weighted by molar-refractivity contribution is 5.95. The molecule has 1 aromatic carbocycles. The smallest absolute Gasteiger partial charge is 0.393 e. The van der Waals surface area contributed by atoms with Gasteiger partial charge in [-0.3, -0.25) is 14.9 Å². The average Bonchev–Trinajstić information content (AvgIpc) is 2.45. The predicted molar refractivity (Wildman–Crippen MR) is 69.4 cm³/mol. The molecule has 120 valence electrons. The highest BCUT2D eigenvalue weighted by Gasteiger charge is 2.42. The molecule has 22 heavy (non-hydrogen) atoms. The molecule has 0 unspecified atom stereocenters. The number of phenols is 1. The van der Waals surface area contributed by atoms with Crippen molar-refractivity contribution in [3.8, 4) is 5.75 Å². The molecule has 1 saturated heterocycles. The van der Waals surface area contributed by atoms with E-state index in [9.17, 15) is 33.2 Å². The lowest BCUT2D eigenvalue weighted by atomic mass is 9.97. The Labute approximate surface area is 123 Å². The maximum Gasteiger partial charge on any atom is 0.393 e. The highest BCUT2D eigenvalue weighted by Crippen LogP contribution is 2.34. The first-order valence-electron chi connectivity index (χ1n) is 6.53. The number of aromatic hydroxyl groups is 1. The van der Waals surface area contributed by atoms with Crippen LogP contribution in [0.3, 0.4) is 0 Å². The lowest BCUT2D eigenvalue weighted by Gasteiger charge is -2.33. The highest BCUT2D eigenvalue weighted by atomic mass is 19.4.